The Balaban J connectivity index is 1.53. The molecule has 34 heavy (non-hydrogen) atoms. The first-order valence-electron chi connectivity index (χ1n) is 10.3. The van der Waals surface area contributed by atoms with Crippen molar-refractivity contribution in [1.29, 1.82) is 0 Å². The number of benzene rings is 2. The number of nitrogens with one attached hydrogen (secondary N) is 2. The number of thiophene rings is 1. The Morgan fingerprint density at radius 1 is 1.03 bits per heavy atom. The summed E-state index contributed by atoms with van der Waals surface area (Å²) in [6.45, 7) is 1.62. The van der Waals surface area contributed by atoms with Gasteiger partial charge in [0.2, 0.25) is 0 Å². The summed E-state index contributed by atoms with van der Waals surface area (Å²) in [6.07, 6.45) is 1.49. The minimum atomic E-state index is -1.14. The lowest BCUT2D eigenvalue weighted by atomic mass is 10.1. The van der Waals surface area contributed by atoms with Crippen molar-refractivity contribution < 1.29 is 19.5 Å². The van der Waals surface area contributed by atoms with Crippen LogP contribution < -0.4 is 16.2 Å². The lowest BCUT2D eigenvalue weighted by Gasteiger charge is -2.07. The highest BCUT2D eigenvalue weighted by Gasteiger charge is 2.20. The molecule has 2 heterocycles. The Morgan fingerprint density at radius 2 is 1.74 bits per heavy atom. The maximum absolute atomic E-state index is 13.1. The van der Waals surface area contributed by atoms with E-state index >= 15 is 0 Å². The second-order valence-electron chi connectivity index (χ2n) is 7.51. The number of carboxylic acid groups (broad SMARTS) is 1. The molecule has 10 heteroatoms. The Hall–Kier alpha value is -4.31. The van der Waals surface area contributed by atoms with Crippen LogP contribution in [0.4, 0.5) is 5.69 Å². The van der Waals surface area contributed by atoms with Gasteiger partial charge in [0.15, 0.2) is 0 Å². The van der Waals surface area contributed by atoms with Gasteiger partial charge >= 0.3 is 5.97 Å². The van der Waals surface area contributed by atoms with Gasteiger partial charge in [0, 0.05) is 11.3 Å². The first-order chi connectivity index (χ1) is 16.3. The predicted molar refractivity (Wildman–Crippen MR) is 129 cm³/mol. The third kappa shape index (κ3) is 4.86. The third-order valence-corrected chi connectivity index (χ3v) is 6.32. The monoisotopic (exact) mass is 476 g/mol. The van der Waals surface area contributed by atoms with Crippen molar-refractivity contribution in [2.45, 2.75) is 13.5 Å². The summed E-state index contributed by atoms with van der Waals surface area (Å²) in [4.78, 5) is 53.7. The maximum Gasteiger partial charge on any atom is 0.322 e. The topological polar surface area (TPSA) is 130 Å². The number of amides is 2. The number of rotatable bonds is 7. The molecule has 0 saturated carbocycles. The number of anilines is 1. The molecule has 2 amide bonds. The van der Waals surface area contributed by atoms with Gasteiger partial charge in [0.25, 0.3) is 17.4 Å². The van der Waals surface area contributed by atoms with Gasteiger partial charge in [-0.25, -0.2) is 4.98 Å². The van der Waals surface area contributed by atoms with Gasteiger partial charge in [0.05, 0.1) is 23.1 Å². The summed E-state index contributed by atoms with van der Waals surface area (Å²) in [5, 5.41) is 14.1. The van der Waals surface area contributed by atoms with E-state index in [1.165, 1.54) is 23.0 Å². The zero-order valence-electron chi connectivity index (χ0n) is 18.1. The molecule has 2 aromatic carbocycles. The van der Waals surface area contributed by atoms with Crippen molar-refractivity contribution in [3.8, 4) is 0 Å². The van der Waals surface area contributed by atoms with E-state index in [2.05, 4.69) is 15.6 Å². The number of nitrogens with zero attached hydrogens (tertiary/aromatic N) is 2. The summed E-state index contributed by atoms with van der Waals surface area (Å²) >= 11 is 1.14. The van der Waals surface area contributed by atoms with Gasteiger partial charge in [0.1, 0.15) is 11.4 Å². The van der Waals surface area contributed by atoms with Crippen molar-refractivity contribution in [3.63, 3.8) is 0 Å². The zero-order chi connectivity index (χ0) is 24.2. The van der Waals surface area contributed by atoms with Crippen molar-refractivity contribution in [2.24, 2.45) is 0 Å². The second kappa shape index (κ2) is 9.67. The van der Waals surface area contributed by atoms with E-state index in [1.54, 1.807) is 19.1 Å². The number of fused-ring (bicyclic) bond motifs is 1. The molecule has 4 rings (SSSR count). The van der Waals surface area contributed by atoms with Crippen LogP contribution in [0.2, 0.25) is 0 Å². The van der Waals surface area contributed by atoms with Gasteiger partial charge in [-0.15, -0.1) is 11.3 Å². The van der Waals surface area contributed by atoms with Gasteiger partial charge in [-0.05, 0) is 42.3 Å². The van der Waals surface area contributed by atoms with Gasteiger partial charge in [-0.3, -0.25) is 23.7 Å². The van der Waals surface area contributed by atoms with E-state index in [0.717, 1.165) is 16.9 Å². The average Bonchev–Trinajstić information content (AvgIpc) is 3.17. The molecular weight excluding hydrogens is 456 g/mol. The lowest BCUT2D eigenvalue weighted by Crippen LogP contribution is -2.29. The van der Waals surface area contributed by atoms with Crippen molar-refractivity contribution in [1.82, 2.24) is 14.9 Å². The summed E-state index contributed by atoms with van der Waals surface area (Å²) in [5.74, 6) is -2.06. The molecule has 2 aromatic heterocycles. The summed E-state index contributed by atoms with van der Waals surface area (Å²) in [5.41, 5.74) is 2.03. The fourth-order valence-electron chi connectivity index (χ4n) is 3.42. The van der Waals surface area contributed by atoms with E-state index in [0.29, 0.717) is 32.9 Å². The number of carbonyl (C=O) groups is 3. The highest BCUT2D eigenvalue weighted by molar-refractivity contribution is 7.20. The minimum absolute atomic E-state index is 0.210. The van der Waals surface area contributed by atoms with E-state index in [-0.39, 0.29) is 11.1 Å². The predicted octanol–water partition coefficient (Wildman–Crippen LogP) is 2.88. The van der Waals surface area contributed by atoms with Crippen molar-refractivity contribution >= 4 is 45.0 Å². The molecule has 172 valence electrons. The molecule has 0 unspecified atom stereocenters. The molecule has 4 aromatic rings. The molecule has 0 bridgehead atoms. The number of aryl methyl sites for hydroxylation is 1. The molecule has 0 aliphatic rings. The Kier molecular flexibility index (Phi) is 6.51. The number of aliphatic carboxylic acids is 1. The van der Waals surface area contributed by atoms with Crippen LogP contribution in [-0.2, 0) is 11.3 Å². The second-order valence-corrected chi connectivity index (χ2v) is 8.51. The highest BCUT2D eigenvalue weighted by Crippen LogP contribution is 2.27. The number of aromatic nitrogens is 2. The van der Waals surface area contributed by atoms with Crippen molar-refractivity contribution in [2.75, 3.05) is 11.9 Å². The molecular formula is C24H20N4O5S. The number of carboxylic acids is 1. The number of hydrogen-bond donors (Lipinski definition) is 3. The molecule has 0 saturated heterocycles. The van der Waals surface area contributed by atoms with Crippen LogP contribution in [0.25, 0.3) is 10.2 Å². The van der Waals surface area contributed by atoms with Gasteiger partial charge < -0.3 is 15.7 Å². The van der Waals surface area contributed by atoms with E-state index in [4.69, 9.17) is 5.11 Å². The van der Waals surface area contributed by atoms with Crippen LogP contribution in [0, 0.1) is 6.92 Å². The minimum Gasteiger partial charge on any atom is -0.480 e. The van der Waals surface area contributed by atoms with Crippen molar-refractivity contribution in [3.05, 3.63) is 92.8 Å². The first kappa shape index (κ1) is 22.9. The van der Waals surface area contributed by atoms with Crippen LogP contribution >= 0.6 is 11.3 Å². The molecule has 0 radical (unpaired) electrons. The molecule has 0 atom stereocenters. The SMILES string of the molecule is Cc1c(C(=O)Nc2ccc(C(=O)NCC(=O)O)cc2)sc2ncn(Cc3ccccc3)c(=O)c12. The maximum atomic E-state index is 13.1. The molecule has 0 spiro atoms. The smallest absolute Gasteiger partial charge is 0.322 e. The normalized spacial score (nSPS) is 10.7. The fourth-order valence-corrected chi connectivity index (χ4v) is 4.45. The van der Waals surface area contributed by atoms with E-state index < -0.39 is 24.3 Å². The van der Waals surface area contributed by atoms with Gasteiger partial charge in [-0.2, -0.15) is 0 Å². The zero-order valence-corrected chi connectivity index (χ0v) is 18.9. The Bertz CT molecular complexity index is 1440. The van der Waals surface area contributed by atoms with Crippen LogP contribution in [0.1, 0.15) is 31.2 Å². The average molecular weight is 477 g/mol. The fraction of sp³-hybridized carbons (Fsp3) is 0.125. The number of hydrogen-bond acceptors (Lipinski definition) is 6. The number of carbonyl (C=O) groups excluding carboxylic acids is 2. The van der Waals surface area contributed by atoms with Gasteiger partial charge in [-0.1, -0.05) is 30.3 Å². The van der Waals surface area contributed by atoms with Crippen LogP contribution in [0.5, 0.6) is 0 Å². The molecule has 9 nitrogen and oxygen atoms in total. The Labute approximate surface area is 197 Å². The first-order valence-corrected chi connectivity index (χ1v) is 11.1. The van der Waals surface area contributed by atoms with Crippen LogP contribution in [-0.4, -0.2) is 39.0 Å². The Morgan fingerprint density at radius 3 is 2.41 bits per heavy atom. The van der Waals surface area contributed by atoms with E-state index in [9.17, 15) is 19.2 Å². The molecule has 0 fully saturated rings. The lowest BCUT2D eigenvalue weighted by molar-refractivity contribution is -0.135. The largest absolute Gasteiger partial charge is 0.480 e. The molecule has 0 aliphatic carbocycles. The molecule has 3 N–H and O–H groups in total. The van der Waals surface area contributed by atoms with Crippen LogP contribution in [0.15, 0.2) is 65.7 Å². The van der Waals surface area contributed by atoms with Crippen LogP contribution in [0.3, 0.4) is 0 Å². The summed E-state index contributed by atoms with van der Waals surface area (Å²) in [7, 11) is 0. The standard InChI is InChI=1S/C24H20N4O5S/c1-14-19-23(26-13-28(24(19)33)12-15-5-3-2-4-6-15)34-20(14)22(32)27-17-9-7-16(8-10-17)21(31)25-11-18(29)30/h2-10,13H,11-12H2,1H3,(H,25,31)(H,27,32)(H,29,30). The molecule has 0 aliphatic heterocycles. The highest BCUT2D eigenvalue weighted by atomic mass is 32.1. The van der Waals surface area contributed by atoms with E-state index in [1.807, 2.05) is 30.3 Å². The summed E-state index contributed by atoms with van der Waals surface area (Å²) < 4.78 is 1.52. The third-order valence-electron chi connectivity index (χ3n) is 5.12. The summed E-state index contributed by atoms with van der Waals surface area (Å²) in [6, 6.07) is 15.6. The quantitative estimate of drug-likeness (QED) is 0.376.